The van der Waals surface area contributed by atoms with Crippen LogP contribution < -0.4 is 10.5 Å². The van der Waals surface area contributed by atoms with Crippen molar-refractivity contribution in [1.82, 2.24) is 0 Å². The Morgan fingerprint density at radius 3 is 2.61 bits per heavy atom. The van der Waals surface area contributed by atoms with Crippen LogP contribution in [-0.4, -0.2) is 26.0 Å². The maximum absolute atomic E-state index is 11.8. The molecule has 0 aliphatic carbocycles. The van der Waals surface area contributed by atoms with Crippen LogP contribution in [0, 0.1) is 6.92 Å². The Morgan fingerprint density at radius 2 is 1.94 bits per heavy atom. The molecule has 0 aliphatic heterocycles. The molecule has 0 aromatic heterocycles. The van der Waals surface area contributed by atoms with E-state index in [-0.39, 0.29) is 13.2 Å². The highest BCUT2D eigenvalue weighted by Gasteiger charge is 2.27. The Labute approximate surface area is 104 Å². The Morgan fingerprint density at radius 1 is 1.22 bits per heavy atom. The lowest BCUT2D eigenvalue weighted by atomic mass is 10.2. The first-order chi connectivity index (χ1) is 8.40. The number of benzene rings is 1. The zero-order valence-electron chi connectivity index (χ0n) is 10.1. The minimum atomic E-state index is -4.28. The Balaban J connectivity index is 2.20. The minimum Gasteiger partial charge on any atom is -0.491 e. The number of halogens is 3. The largest absolute Gasteiger partial charge is 0.491 e. The molecule has 0 heterocycles. The summed E-state index contributed by atoms with van der Waals surface area (Å²) in [7, 11) is 0. The molecule has 3 nitrogen and oxygen atoms in total. The van der Waals surface area contributed by atoms with E-state index in [4.69, 9.17) is 10.5 Å². The zero-order chi connectivity index (χ0) is 13.6. The number of para-hydroxylation sites is 1. The molecule has 0 amide bonds. The first kappa shape index (κ1) is 14.6. The summed E-state index contributed by atoms with van der Waals surface area (Å²) in [4.78, 5) is 0. The average Bonchev–Trinajstić information content (AvgIpc) is 2.27. The normalized spacial score (nSPS) is 11.6. The van der Waals surface area contributed by atoms with Crippen molar-refractivity contribution in [2.45, 2.75) is 19.5 Å². The fourth-order valence-corrected chi connectivity index (χ4v) is 1.31. The van der Waals surface area contributed by atoms with Crippen LogP contribution in [0.15, 0.2) is 18.2 Å². The van der Waals surface area contributed by atoms with Gasteiger partial charge in [0.25, 0.3) is 0 Å². The third kappa shape index (κ3) is 5.27. The van der Waals surface area contributed by atoms with Crippen LogP contribution in [0.25, 0.3) is 0 Å². The summed E-state index contributed by atoms with van der Waals surface area (Å²) in [6.45, 7) is 0.908. The van der Waals surface area contributed by atoms with Gasteiger partial charge in [-0.25, -0.2) is 0 Å². The second kappa shape index (κ2) is 6.49. The number of anilines is 1. The molecule has 1 aromatic carbocycles. The van der Waals surface area contributed by atoms with Crippen molar-refractivity contribution in [3.05, 3.63) is 23.8 Å². The molecule has 0 unspecified atom stereocenters. The third-order valence-electron chi connectivity index (χ3n) is 2.24. The number of hydrogen-bond donors (Lipinski definition) is 1. The molecule has 102 valence electrons. The van der Waals surface area contributed by atoms with Crippen LogP contribution in [0.1, 0.15) is 12.0 Å². The van der Waals surface area contributed by atoms with Gasteiger partial charge in [0.2, 0.25) is 0 Å². The second-order valence-electron chi connectivity index (χ2n) is 3.86. The van der Waals surface area contributed by atoms with E-state index in [0.717, 1.165) is 5.56 Å². The first-order valence-corrected chi connectivity index (χ1v) is 5.52. The van der Waals surface area contributed by atoms with Crippen molar-refractivity contribution in [1.29, 1.82) is 0 Å². The summed E-state index contributed by atoms with van der Waals surface area (Å²) in [6.07, 6.45) is -3.90. The molecule has 0 spiro atoms. The molecule has 0 aliphatic rings. The van der Waals surface area contributed by atoms with Gasteiger partial charge >= 0.3 is 6.18 Å². The SMILES string of the molecule is Cc1cccc(OCCCOCC(F)(F)F)c1N. The summed E-state index contributed by atoms with van der Waals surface area (Å²) in [6, 6.07) is 5.38. The van der Waals surface area contributed by atoms with Gasteiger partial charge in [-0.15, -0.1) is 0 Å². The van der Waals surface area contributed by atoms with Gasteiger partial charge in [0.1, 0.15) is 12.4 Å². The van der Waals surface area contributed by atoms with E-state index in [1.807, 2.05) is 13.0 Å². The van der Waals surface area contributed by atoms with Gasteiger partial charge < -0.3 is 15.2 Å². The van der Waals surface area contributed by atoms with E-state index in [9.17, 15) is 13.2 Å². The maximum atomic E-state index is 11.8. The molecule has 2 N–H and O–H groups in total. The summed E-state index contributed by atoms with van der Waals surface area (Å²) >= 11 is 0. The lowest BCUT2D eigenvalue weighted by molar-refractivity contribution is -0.174. The maximum Gasteiger partial charge on any atom is 0.411 e. The van der Waals surface area contributed by atoms with Gasteiger partial charge in [0, 0.05) is 6.42 Å². The molecule has 18 heavy (non-hydrogen) atoms. The number of aryl methyl sites for hydroxylation is 1. The van der Waals surface area contributed by atoms with Crippen LogP contribution in [0.5, 0.6) is 5.75 Å². The Hall–Kier alpha value is -1.43. The summed E-state index contributed by atoms with van der Waals surface area (Å²) in [5.41, 5.74) is 7.23. The topological polar surface area (TPSA) is 44.5 Å². The fraction of sp³-hybridized carbons (Fsp3) is 0.500. The van der Waals surface area contributed by atoms with Gasteiger partial charge in [0.05, 0.1) is 18.9 Å². The van der Waals surface area contributed by atoms with Gasteiger partial charge in [-0.2, -0.15) is 13.2 Å². The highest BCUT2D eigenvalue weighted by molar-refractivity contribution is 5.57. The van der Waals surface area contributed by atoms with Crippen molar-refractivity contribution < 1.29 is 22.6 Å². The first-order valence-electron chi connectivity index (χ1n) is 5.52. The Bertz CT molecular complexity index is 380. The second-order valence-corrected chi connectivity index (χ2v) is 3.86. The molecule has 6 heteroatoms. The van der Waals surface area contributed by atoms with E-state index in [1.54, 1.807) is 12.1 Å². The van der Waals surface area contributed by atoms with Gasteiger partial charge in [0.15, 0.2) is 0 Å². The van der Waals surface area contributed by atoms with E-state index < -0.39 is 12.8 Å². The molecule has 0 saturated heterocycles. The standard InChI is InChI=1S/C12H16F3NO2/c1-9-4-2-5-10(11(9)16)18-7-3-6-17-8-12(13,14)15/h2,4-5H,3,6-8,16H2,1H3. The van der Waals surface area contributed by atoms with Crippen LogP contribution >= 0.6 is 0 Å². The lowest BCUT2D eigenvalue weighted by Crippen LogP contribution is -2.18. The van der Waals surface area contributed by atoms with Crippen molar-refractivity contribution in [3.63, 3.8) is 0 Å². The average molecular weight is 263 g/mol. The van der Waals surface area contributed by atoms with E-state index in [0.29, 0.717) is 17.9 Å². The Kier molecular flexibility index (Phi) is 5.27. The zero-order valence-corrected chi connectivity index (χ0v) is 10.1. The fourth-order valence-electron chi connectivity index (χ4n) is 1.31. The molecular weight excluding hydrogens is 247 g/mol. The summed E-state index contributed by atoms with van der Waals surface area (Å²) < 4.78 is 45.1. The van der Waals surface area contributed by atoms with Crippen molar-refractivity contribution in [2.75, 3.05) is 25.6 Å². The summed E-state index contributed by atoms with van der Waals surface area (Å²) in [5, 5.41) is 0. The van der Waals surface area contributed by atoms with Crippen molar-refractivity contribution in [3.8, 4) is 5.75 Å². The molecule has 0 saturated carbocycles. The minimum absolute atomic E-state index is 0.00519. The molecule has 0 atom stereocenters. The monoisotopic (exact) mass is 263 g/mol. The number of nitrogen functional groups attached to an aromatic ring is 1. The molecule has 1 aromatic rings. The van der Waals surface area contributed by atoms with Crippen LogP contribution in [0.2, 0.25) is 0 Å². The van der Waals surface area contributed by atoms with Gasteiger partial charge in [-0.3, -0.25) is 0 Å². The highest BCUT2D eigenvalue weighted by Crippen LogP contribution is 2.24. The lowest BCUT2D eigenvalue weighted by Gasteiger charge is -2.11. The predicted octanol–water partition coefficient (Wildman–Crippen LogP) is 2.93. The molecular formula is C12H16F3NO2. The molecule has 0 fully saturated rings. The van der Waals surface area contributed by atoms with E-state index in [2.05, 4.69) is 4.74 Å². The van der Waals surface area contributed by atoms with Crippen molar-refractivity contribution >= 4 is 5.69 Å². The number of rotatable bonds is 6. The van der Waals surface area contributed by atoms with Crippen LogP contribution in [0.4, 0.5) is 18.9 Å². The number of nitrogens with two attached hydrogens (primary N) is 1. The number of hydrogen-bond acceptors (Lipinski definition) is 3. The summed E-state index contributed by atoms with van der Waals surface area (Å²) in [5.74, 6) is 0.547. The van der Waals surface area contributed by atoms with Crippen LogP contribution in [-0.2, 0) is 4.74 Å². The molecule has 1 rings (SSSR count). The van der Waals surface area contributed by atoms with E-state index >= 15 is 0 Å². The molecule has 0 bridgehead atoms. The van der Waals surface area contributed by atoms with Crippen molar-refractivity contribution in [2.24, 2.45) is 0 Å². The van der Waals surface area contributed by atoms with E-state index in [1.165, 1.54) is 0 Å². The predicted molar refractivity (Wildman–Crippen MR) is 62.6 cm³/mol. The third-order valence-corrected chi connectivity index (χ3v) is 2.24. The van der Waals surface area contributed by atoms with Gasteiger partial charge in [-0.05, 0) is 18.6 Å². The quantitative estimate of drug-likeness (QED) is 0.634. The number of ether oxygens (including phenoxy) is 2. The smallest absolute Gasteiger partial charge is 0.411 e. The highest BCUT2D eigenvalue weighted by atomic mass is 19.4. The molecule has 0 radical (unpaired) electrons. The van der Waals surface area contributed by atoms with Gasteiger partial charge in [-0.1, -0.05) is 12.1 Å². The van der Waals surface area contributed by atoms with Crippen LogP contribution in [0.3, 0.4) is 0 Å². The number of alkyl halides is 3.